The number of hydrogen-bond acceptors (Lipinski definition) is 11. The smallest absolute Gasteiger partial charge is 0.293 e. The molecule has 2 aromatic heterocycles. The van der Waals surface area contributed by atoms with Crippen LogP contribution in [0, 0.1) is 21.4 Å². The first-order chi connectivity index (χ1) is 31.6. The standard InChI is InChI=1S/C50H57N7O7S/c58-49(54-65(61,62)40-9-12-44(46(27-40)57(59)60)52-30-32-14-22-63-23-15-32)42-11-8-37(26-47(42)64-39-24-36-13-18-51-48(36)53-31-39)55-20-16-50(17-21-55)28-38(29-50)56-19-1-2-45(56)41-10-7-35(33-3-4-33)25-43(41)34-5-6-34/h7-13,18,24-27,31-34,38,45,52H,1-6,14-17,19-23,28-30H2,(H,51,53)(H,54,58). The number of pyridine rings is 1. The van der Waals surface area contributed by atoms with Gasteiger partial charge < -0.3 is 24.7 Å². The molecule has 3 aromatic carbocycles. The highest BCUT2D eigenvalue weighted by Crippen LogP contribution is 2.55. The van der Waals surface area contributed by atoms with Crippen molar-refractivity contribution in [2.24, 2.45) is 11.3 Å². The van der Waals surface area contributed by atoms with Gasteiger partial charge in [-0.15, -0.1) is 0 Å². The Morgan fingerprint density at radius 1 is 0.908 bits per heavy atom. The highest BCUT2D eigenvalue weighted by Gasteiger charge is 2.50. The molecule has 1 spiro atoms. The number of aromatic amines is 1. The van der Waals surface area contributed by atoms with E-state index in [1.165, 1.54) is 70.0 Å². The number of sulfonamides is 1. The Labute approximate surface area is 379 Å². The summed E-state index contributed by atoms with van der Waals surface area (Å²) in [6, 6.07) is 21.2. The molecule has 340 valence electrons. The number of aromatic nitrogens is 2. The lowest BCUT2D eigenvalue weighted by Gasteiger charge is -2.56. The molecule has 1 atom stereocenters. The van der Waals surface area contributed by atoms with Crippen LogP contribution in [-0.4, -0.2) is 79.6 Å². The van der Waals surface area contributed by atoms with Gasteiger partial charge in [0.1, 0.15) is 22.8 Å². The number of anilines is 2. The van der Waals surface area contributed by atoms with Gasteiger partial charge in [-0.25, -0.2) is 18.1 Å². The molecule has 6 aliphatic rings. The highest BCUT2D eigenvalue weighted by atomic mass is 32.2. The number of nitrogens with zero attached hydrogens (tertiary/aromatic N) is 4. The van der Waals surface area contributed by atoms with Crippen molar-refractivity contribution in [2.45, 2.75) is 106 Å². The summed E-state index contributed by atoms with van der Waals surface area (Å²) >= 11 is 0. The van der Waals surface area contributed by atoms with E-state index < -0.39 is 31.4 Å². The monoisotopic (exact) mass is 899 g/mol. The number of likely N-dealkylation sites (tertiary alicyclic amines) is 1. The zero-order valence-electron chi connectivity index (χ0n) is 36.7. The SMILES string of the molecule is O=C(NS(=O)(=O)c1ccc(NCC2CCOCC2)c([N+](=O)[O-])c1)c1ccc(N2CCC3(CC2)CC(N2CCCC2c2ccc(C4CC4)cc2C2CC2)C3)cc1Oc1cnc2[nH]ccc2c1. The molecule has 65 heavy (non-hydrogen) atoms. The molecule has 3 saturated carbocycles. The summed E-state index contributed by atoms with van der Waals surface area (Å²) in [6.45, 7) is 4.67. The number of benzene rings is 3. The molecular weight excluding hydrogens is 843 g/mol. The van der Waals surface area contributed by atoms with Gasteiger partial charge in [-0.05, 0) is 160 Å². The molecule has 1 amide bonds. The van der Waals surface area contributed by atoms with E-state index >= 15 is 0 Å². The van der Waals surface area contributed by atoms with Crippen LogP contribution in [-0.2, 0) is 14.8 Å². The summed E-state index contributed by atoms with van der Waals surface area (Å²) in [5.41, 5.74) is 6.51. The lowest BCUT2D eigenvalue weighted by molar-refractivity contribution is -0.384. The van der Waals surface area contributed by atoms with E-state index in [4.69, 9.17) is 9.47 Å². The van der Waals surface area contributed by atoms with Crippen molar-refractivity contribution in [1.82, 2.24) is 19.6 Å². The third-order valence-corrected chi connectivity index (χ3v) is 16.6. The van der Waals surface area contributed by atoms with Crippen molar-refractivity contribution in [3.8, 4) is 11.5 Å². The number of ether oxygens (including phenoxy) is 2. The zero-order chi connectivity index (χ0) is 44.3. The number of nitro benzene ring substituents is 1. The van der Waals surface area contributed by atoms with Crippen LogP contribution in [0.5, 0.6) is 11.5 Å². The second-order valence-corrected chi connectivity index (χ2v) is 21.2. The van der Waals surface area contributed by atoms with E-state index in [1.54, 1.807) is 47.3 Å². The van der Waals surface area contributed by atoms with E-state index in [2.05, 4.69) is 48.0 Å². The Morgan fingerprint density at radius 3 is 2.48 bits per heavy atom. The van der Waals surface area contributed by atoms with Crippen LogP contribution in [0.3, 0.4) is 0 Å². The van der Waals surface area contributed by atoms with E-state index in [-0.39, 0.29) is 22.9 Å². The Hall–Kier alpha value is -5.51. The van der Waals surface area contributed by atoms with Crippen LogP contribution in [0.25, 0.3) is 11.0 Å². The summed E-state index contributed by atoms with van der Waals surface area (Å²) in [5, 5.41) is 16.0. The van der Waals surface area contributed by atoms with Crippen LogP contribution in [0.1, 0.15) is 122 Å². The molecule has 3 aliphatic heterocycles. The molecule has 5 aromatic rings. The number of hydrogen-bond donors (Lipinski definition) is 3. The van der Waals surface area contributed by atoms with Gasteiger partial charge in [0.05, 0.1) is 21.6 Å². The van der Waals surface area contributed by atoms with Crippen molar-refractivity contribution < 1.29 is 27.6 Å². The quantitative estimate of drug-likeness (QED) is 0.0716. The largest absolute Gasteiger partial charge is 0.455 e. The highest BCUT2D eigenvalue weighted by molar-refractivity contribution is 7.90. The molecular formula is C50H57N7O7S. The number of carbonyl (C=O) groups is 1. The van der Waals surface area contributed by atoms with Crippen molar-refractivity contribution in [3.63, 3.8) is 0 Å². The lowest BCUT2D eigenvalue weighted by atomic mass is 9.59. The molecule has 3 saturated heterocycles. The lowest BCUT2D eigenvalue weighted by Crippen LogP contribution is -2.54. The third kappa shape index (κ3) is 8.70. The average Bonchev–Trinajstić information content (AvgIpc) is 4.24. The minimum atomic E-state index is -4.54. The van der Waals surface area contributed by atoms with Gasteiger partial charge in [-0.3, -0.25) is 19.8 Å². The second-order valence-electron chi connectivity index (χ2n) is 19.6. The van der Waals surface area contributed by atoms with E-state index in [9.17, 15) is 23.3 Å². The second kappa shape index (κ2) is 17.0. The van der Waals surface area contributed by atoms with Crippen LogP contribution in [0.2, 0.25) is 0 Å². The molecule has 3 N–H and O–H groups in total. The number of fused-ring (bicyclic) bond motifs is 1. The van der Waals surface area contributed by atoms with Crippen molar-refractivity contribution in [1.29, 1.82) is 0 Å². The maximum Gasteiger partial charge on any atom is 0.293 e. The van der Waals surface area contributed by atoms with Gasteiger partial charge in [0.2, 0.25) is 0 Å². The molecule has 0 radical (unpaired) electrons. The van der Waals surface area contributed by atoms with Crippen LogP contribution in [0.4, 0.5) is 17.1 Å². The van der Waals surface area contributed by atoms with Crippen molar-refractivity contribution >= 4 is 44.0 Å². The van der Waals surface area contributed by atoms with Crippen molar-refractivity contribution in [3.05, 3.63) is 111 Å². The fraction of sp³-hybridized carbons (Fsp3) is 0.480. The molecule has 5 heterocycles. The number of carbonyl (C=O) groups excluding carboxylic acids is 1. The average molecular weight is 900 g/mol. The van der Waals surface area contributed by atoms with Gasteiger partial charge >= 0.3 is 0 Å². The van der Waals surface area contributed by atoms with Crippen LogP contribution >= 0.6 is 0 Å². The van der Waals surface area contributed by atoms with Gasteiger partial charge in [0, 0.05) is 74.3 Å². The molecule has 6 fully saturated rings. The zero-order valence-corrected chi connectivity index (χ0v) is 37.5. The normalized spacial score (nSPS) is 21.7. The fourth-order valence-electron chi connectivity index (χ4n) is 11.2. The summed E-state index contributed by atoms with van der Waals surface area (Å²) in [7, 11) is -4.54. The summed E-state index contributed by atoms with van der Waals surface area (Å²) in [6.07, 6.45) is 17.5. The fourth-order valence-corrected chi connectivity index (χ4v) is 12.2. The van der Waals surface area contributed by atoms with E-state index in [0.717, 1.165) is 67.7 Å². The summed E-state index contributed by atoms with van der Waals surface area (Å²) in [4.78, 5) is 37.8. The maximum absolute atomic E-state index is 14.0. The number of amides is 1. The van der Waals surface area contributed by atoms with Gasteiger partial charge in [-0.2, -0.15) is 0 Å². The number of piperidine rings is 1. The molecule has 15 heteroatoms. The third-order valence-electron chi connectivity index (χ3n) is 15.3. The maximum atomic E-state index is 14.0. The Kier molecular flexibility index (Phi) is 11.1. The molecule has 3 aliphatic carbocycles. The predicted octanol–water partition coefficient (Wildman–Crippen LogP) is 9.56. The minimum Gasteiger partial charge on any atom is -0.455 e. The summed E-state index contributed by atoms with van der Waals surface area (Å²) < 4.78 is 41.4. The van der Waals surface area contributed by atoms with Crippen LogP contribution in [0.15, 0.2) is 84.0 Å². The number of nitro groups is 1. The number of nitrogens with one attached hydrogen (secondary N) is 3. The molecule has 11 rings (SSSR count). The molecule has 14 nitrogen and oxygen atoms in total. The van der Waals surface area contributed by atoms with E-state index in [1.807, 2.05) is 12.1 Å². The first-order valence-corrected chi connectivity index (χ1v) is 25.1. The summed E-state index contributed by atoms with van der Waals surface area (Å²) in [5.74, 6) is 1.46. The number of H-pyrrole nitrogens is 1. The van der Waals surface area contributed by atoms with Gasteiger partial charge in [0.15, 0.2) is 0 Å². The van der Waals surface area contributed by atoms with E-state index in [0.29, 0.717) is 48.7 Å². The first-order valence-electron chi connectivity index (χ1n) is 23.6. The molecule has 0 bridgehead atoms. The predicted molar refractivity (Wildman–Crippen MR) is 248 cm³/mol. The molecule has 1 unspecified atom stereocenters. The van der Waals surface area contributed by atoms with Crippen molar-refractivity contribution in [2.75, 3.05) is 49.6 Å². The van der Waals surface area contributed by atoms with Gasteiger partial charge in [0.25, 0.3) is 21.6 Å². The van der Waals surface area contributed by atoms with Gasteiger partial charge in [-0.1, -0.05) is 18.2 Å². The number of rotatable bonds is 14. The Bertz CT molecular complexity index is 2730. The van der Waals surface area contributed by atoms with Crippen LogP contribution < -0.4 is 19.7 Å². The minimum absolute atomic E-state index is 0.00163. The Morgan fingerprint density at radius 2 is 1.71 bits per heavy atom. The Balaban J connectivity index is 0.783. The first kappa shape index (κ1) is 42.1. The topological polar surface area (TPSA) is 172 Å².